The molecule has 0 aromatic rings. The van der Waals surface area contributed by atoms with Crippen LogP contribution < -0.4 is 11.1 Å². The van der Waals surface area contributed by atoms with Gasteiger partial charge in [0.05, 0.1) is 11.5 Å². The number of carbonyl (C=O) groups is 1. The number of amides is 1. The number of hydrogen-bond acceptors (Lipinski definition) is 3. The van der Waals surface area contributed by atoms with Crippen LogP contribution in [0.1, 0.15) is 13.8 Å². The molecule has 0 aromatic carbocycles. The normalized spacial score (nSPS) is 10.8. The molecule has 4 N–H and O–H groups in total. The Kier molecular flexibility index (Phi) is 4.43. The van der Waals surface area contributed by atoms with E-state index in [2.05, 4.69) is 16.9 Å². The van der Waals surface area contributed by atoms with Crippen LogP contribution in [0.3, 0.4) is 0 Å². The van der Waals surface area contributed by atoms with Gasteiger partial charge in [0.1, 0.15) is 5.71 Å². The Bertz CT molecular complexity index is 263. The summed E-state index contributed by atoms with van der Waals surface area (Å²) in [7, 11) is 0. The van der Waals surface area contributed by atoms with Crippen molar-refractivity contribution >= 4 is 17.5 Å². The second kappa shape index (κ2) is 5.08. The fourth-order valence-electron chi connectivity index (χ4n) is 0.649. The van der Waals surface area contributed by atoms with E-state index in [4.69, 9.17) is 11.1 Å². The summed E-state index contributed by atoms with van der Waals surface area (Å²) in [5, 5.41) is 9.79. The highest BCUT2D eigenvalue weighted by Gasteiger charge is 2.10. The summed E-state index contributed by atoms with van der Waals surface area (Å²) >= 11 is 0. The molecule has 0 saturated carbocycles. The van der Waals surface area contributed by atoms with E-state index < -0.39 is 5.91 Å². The minimum absolute atomic E-state index is 0.0750. The maximum Gasteiger partial charge on any atom is 0.271 e. The van der Waals surface area contributed by atoms with Crippen molar-refractivity contribution in [3.05, 3.63) is 12.3 Å². The van der Waals surface area contributed by atoms with Crippen LogP contribution in [-0.2, 0) is 4.79 Å². The van der Waals surface area contributed by atoms with E-state index in [0.717, 1.165) is 0 Å². The van der Waals surface area contributed by atoms with Crippen LogP contribution in [-0.4, -0.2) is 24.0 Å². The van der Waals surface area contributed by atoms with Gasteiger partial charge >= 0.3 is 0 Å². The average molecular weight is 182 g/mol. The third-order valence-electron chi connectivity index (χ3n) is 1.16. The first kappa shape index (κ1) is 11.4. The Labute approximate surface area is 77.2 Å². The maximum absolute atomic E-state index is 11.1. The third kappa shape index (κ3) is 4.05. The van der Waals surface area contributed by atoms with E-state index in [1.165, 1.54) is 0 Å². The standard InChI is InChI=1S/C8H14N4O/c1-4-11-8(13)7(10)5(2)12-6(3)9/h10H,2,4H2,1,3H3,(H2,9,12)(H,11,13). The summed E-state index contributed by atoms with van der Waals surface area (Å²) in [6, 6.07) is 0. The van der Waals surface area contributed by atoms with Crippen molar-refractivity contribution in [3.8, 4) is 0 Å². The number of nitrogens with one attached hydrogen (secondary N) is 2. The van der Waals surface area contributed by atoms with Gasteiger partial charge in [-0.25, -0.2) is 4.99 Å². The maximum atomic E-state index is 11.1. The number of carbonyl (C=O) groups excluding carboxylic acids is 1. The molecule has 0 heterocycles. The number of aliphatic imine (C=N–C) groups is 1. The van der Waals surface area contributed by atoms with E-state index >= 15 is 0 Å². The van der Waals surface area contributed by atoms with E-state index in [1.807, 2.05) is 0 Å². The molecule has 0 rings (SSSR count). The molecule has 0 radical (unpaired) electrons. The largest absolute Gasteiger partial charge is 0.387 e. The molecule has 13 heavy (non-hydrogen) atoms. The summed E-state index contributed by atoms with van der Waals surface area (Å²) in [5.74, 6) is -0.212. The first-order chi connectivity index (χ1) is 5.99. The molecule has 5 heteroatoms. The van der Waals surface area contributed by atoms with Gasteiger partial charge in [-0.05, 0) is 13.8 Å². The quantitative estimate of drug-likeness (QED) is 0.423. The molecular weight excluding hydrogens is 168 g/mol. The number of amidine groups is 1. The Balaban J connectivity index is 4.36. The van der Waals surface area contributed by atoms with Gasteiger partial charge in [-0.3, -0.25) is 10.2 Å². The summed E-state index contributed by atoms with van der Waals surface area (Å²) in [5.41, 5.74) is 5.08. The highest BCUT2D eigenvalue weighted by molar-refractivity contribution is 6.43. The molecule has 0 aliphatic heterocycles. The fourth-order valence-corrected chi connectivity index (χ4v) is 0.649. The summed E-state index contributed by atoms with van der Waals surface area (Å²) in [4.78, 5) is 14.8. The molecule has 0 saturated heterocycles. The molecule has 5 nitrogen and oxygen atoms in total. The van der Waals surface area contributed by atoms with Crippen LogP contribution in [0.15, 0.2) is 17.3 Å². The molecule has 72 valence electrons. The van der Waals surface area contributed by atoms with E-state index in [0.29, 0.717) is 6.54 Å². The predicted octanol–water partition coefficient (Wildman–Crippen LogP) is 0.0331. The van der Waals surface area contributed by atoms with Crippen LogP contribution in [0, 0.1) is 5.41 Å². The van der Waals surface area contributed by atoms with Gasteiger partial charge in [0.2, 0.25) is 0 Å². The van der Waals surface area contributed by atoms with Gasteiger partial charge in [-0.15, -0.1) is 0 Å². The van der Waals surface area contributed by atoms with Crippen LogP contribution in [0.2, 0.25) is 0 Å². The minimum atomic E-state index is -0.488. The van der Waals surface area contributed by atoms with Gasteiger partial charge in [-0.2, -0.15) is 0 Å². The Hall–Kier alpha value is -1.65. The van der Waals surface area contributed by atoms with Gasteiger partial charge in [-0.1, -0.05) is 6.58 Å². The lowest BCUT2D eigenvalue weighted by molar-refractivity contribution is -0.114. The van der Waals surface area contributed by atoms with Crippen molar-refractivity contribution in [2.24, 2.45) is 10.7 Å². The zero-order valence-electron chi connectivity index (χ0n) is 7.85. The number of rotatable bonds is 4. The van der Waals surface area contributed by atoms with Crippen LogP contribution in [0.4, 0.5) is 0 Å². The first-order valence-electron chi connectivity index (χ1n) is 3.85. The molecule has 0 aromatic heterocycles. The van der Waals surface area contributed by atoms with E-state index in [1.54, 1.807) is 13.8 Å². The van der Waals surface area contributed by atoms with Crippen molar-refractivity contribution < 1.29 is 4.79 Å². The minimum Gasteiger partial charge on any atom is -0.387 e. The van der Waals surface area contributed by atoms with Crippen LogP contribution in [0.5, 0.6) is 0 Å². The van der Waals surface area contributed by atoms with E-state index in [9.17, 15) is 4.79 Å². The molecule has 0 atom stereocenters. The lowest BCUT2D eigenvalue weighted by Crippen LogP contribution is -2.31. The Morgan fingerprint density at radius 2 is 2.23 bits per heavy atom. The summed E-state index contributed by atoms with van der Waals surface area (Å²) in [6.45, 7) is 7.25. The number of nitrogens with zero attached hydrogens (tertiary/aromatic N) is 1. The van der Waals surface area contributed by atoms with Crippen molar-refractivity contribution in [1.29, 1.82) is 5.41 Å². The van der Waals surface area contributed by atoms with Gasteiger partial charge in [0, 0.05) is 6.54 Å². The number of nitrogens with two attached hydrogens (primary N) is 1. The Morgan fingerprint density at radius 3 is 2.62 bits per heavy atom. The monoisotopic (exact) mass is 182 g/mol. The SMILES string of the molecule is C=C(N=C(C)N)C(=N)C(=O)NCC. The highest BCUT2D eigenvalue weighted by atomic mass is 16.1. The zero-order valence-corrected chi connectivity index (χ0v) is 7.85. The number of hydrogen-bond donors (Lipinski definition) is 3. The van der Waals surface area contributed by atoms with E-state index in [-0.39, 0.29) is 17.2 Å². The van der Waals surface area contributed by atoms with Crippen molar-refractivity contribution in [2.45, 2.75) is 13.8 Å². The second-order valence-corrected chi connectivity index (χ2v) is 2.43. The Morgan fingerprint density at radius 1 is 1.69 bits per heavy atom. The predicted molar refractivity (Wildman–Crippen MR) is 52.8 cm³/mol. The summed E-state index contributed by atoms with van der Waals surface area (Å²) < 4.78 is 0. The van der Waals surface area contributed by atoms with Gasteiger partial charge in [0.25, 0.3) is 5.91 Å². The fraction of sp³-hybridized carbons (Fsp3) is 0.375. The van der Waals surface area contributed by atoms with Gasteiger partial charge < -0.3 is 11.1 Å². The molecule has 0 aliphatic rings. The molecule has 0 fully saturated rings. The second-order valence-electron chi connectivity index (χ2n) is 2.43. The highest BCUT2D eigenvalue weighted by Crippen LogP contribution is 1.95. The molecule has 0 bridgehead atoms. The van der Waals surface area contributed by atoms with Crippen molar-refractivity contribution in [2.75, 3.05) is 6.54 Å². The average Bonchev–Trinajstić information content (AvgIpc) is 2.02. The molecule has 0 spiro atoms. The topological polar surface area (TPSA) is 91.3 Å². The molecule has 1 amide bonds. The van der Waals surface area contributed by atoms with Crippen molar-refractivity contribution in [3.63, 3.8) is 0 Å². The lowest BCUT2D eigenvalue weighted by Gasteiger charge is -2.02. The molecule has 0 aliphatic carbocycles. The molecule has 0 unspecified atom stereocenters. The lowest BCUT2D eigenvalue weighted by atomic mass is 10.3. The summed E-state index contributed by atoms with van der Waals surface area (Å²) in [6.07, 6.45) is 0. The third-order valence-corrected chi connectivity index (χ3v) is 1.16. The smallest absolute Gasteiger partial charge is 0.271 e. The first-order valence-corrected chi connectivity index (χ1v) is 3.85. The molecular formula is C8H14N4O. The van der Waals surface area contributed by atoms with Crippen LogP contribution >= 0.6 is 0 Å². The van der Waals surface area contributed by atoms with Gasteiger partial charge in [0.15, 0.2) is 0 Å². The van der Waals surface area contributed by atoms with Crippen LogP contribution in [0.25, 0.3) is 0 Å². The van der Waals surface area contributed by atoms with Crippen molar-refractivity contribution in [1.82, 2.24) is 5.32 Å². The zero-order chi connectivity index (χ0) is 10.4.